The third kappa shape index (κ3) is 4.35. The van der Waals surface area contributed by atoms with E-state index < -0.39 is 5.82 Å². The Morgan fingerprint density at radius 2 is 1.90 bits per heavy atom. The Kier molecular flexibility index (Phi) is 5.44. The van der Waals surface area contributed by atoms with Crippen molar-refractivity contribution in [2.45, 2.75) is 19.3 Å². The van der Waals surface area contributed by atoms with Gasteiger partial charge in [-0.3, -0.25) is 4.90 Å². The molecule has 1 saturated carbocycles. The number of pyridine rings is 1. The van der Waals surface area contributed by atoms with Gasteiger partial charge in [0.15, 0.2) is 0 Å². The fraction of sp³-hybridized carbons (Fsp3) is 0.391. The predicted octanol–water partition coefficient (Wildman–Crippen LogP) is 4.85. The molecule has 1 aliphatic carbocycles. The first-order valence-electron chi connectivity index (χ1n) is 10.6. The number of H-pyrrole nitrogens is 1. The van der Waals surface area contributed by atoms with Gasteiger partial charge in [-0.05, 0) is 49.2 Å². The van der Waals surface area contributed by atoms with E-state index in [-0.39, 0.29) is 5.02 Å². The van der Waals surface area contributed by atoms with Crippen LogP contribution < -0.4 is 4.90 Å². The highest BCUT2D eigenvalue weighted by molar-refractivity contribution is 6.31. The molecule has 2 aliphatic rings. The molecule has 5 nitrogen and oxygen atoms in total. The van der Waals surface area contributed by atoms with Crippen LogP contribution in [0.1, 0.15) is 19.3 Å². The van der Waals surface area contributed by atoms with E-state index in [2.05, 4.69) is 30.8 Å². The zero-order valence-electron chi connectivity index (χ0n) is 16.8. The monoisotopic (exact) mass is 425 g/mol. The predicted molar refractivity (Wildman–Crippen MR) is 118 cm³/mol. The van der Waals surface area contributed by atoms with Gasteiger partial charge in [-0.1, -0.05) is 24.4 Å². The third-order valence-corrected chi connectivity index (χ3v) is 6.35. The second kappa shape index (κ2) is 8.36. The summed E-state index contributed by atoms with van der Waals surface area (Å²) in [5, 5.41) is 0.0968. The molecule has 0 radical (unpaired) electrons. The lowest BCUT2D eigenvalue weighted by Gasteiger charge is -2.35. The van der Waals surface area contributed by atoms with Crippen molar-refractivity contribution in [1.29, 1.82) is 0 Å². The minimum Gasteiger partial charge on any atom is -0.354 e. The van der Waals surface area contributed by atoms with E-state index in [4.69, 9.17) is 11.6 Å². The van der Waals surface area contributed by atoms with Crippen LogP contribution in [0.5, 0.6) is 0 Å². The van der Waals surface area contributed by atoms with Crippen LogP contribution in [0.25, 0.3) is 22.6 Å². The van der Waals surface area contributed by atoms with Crippen molar-refractivity contribution < 1.29 is 4.39 Å². The Morgan fingerprint density at radius 1 is 1.07 bits per heavy atom. The zero-order valence-corrected chi connectivity index (χ0v) is 17.6. The highest BCUT2D eigenvalue weighted by Gasteiger charge is 2.24. The fourth-order valence-corrected chi connectivity index (χ4v) is 4.16. The molecule has 3 heterocycles. The maximum atomic E-state index is 13.4. The Bertz CT molecular complexity index is 1020. The van der Waals surface area contributed by atoms with Gasteiger partial charge >= 0.3 is 0 Å². The second-order valence-corrected chi connectivity index (χ2v) is 8.63. The standard InChI is InChI=1S/C23H25ClFN5/c24-19-13-17(3-4-20(19)25)21-15-27-23(28-21)18-5-7-26-22(14-18)30-11-9-29(10-12-30)8-6-16-1-2-16/h3-5,7,13-16H,1-2,6,8-12H2,(H,27,28). The van der Waals surface area contributed by atoms with Gasteiger partial charge in [-0.25, -0.2) is 14.4 Å². The molecule has 1 aromatic carbocycles. The molecule has 156 valence electrons. The maximum Gasteiger partial charge on any atom is 0.141 e. The lowest BCUT2D eigenvalue weighted by atomic mass is 10.2. The number of benzene rings is 1. The zero-order chi connectivity index (χ0) is 20.5. The molecule has 1 N–H and O–H groups in total. The first kappa shape index (κ1) is 19.5. The maximum absolute atomic E-state index is 13.4. The van der Waals surface area contributed by atoms with Gasteiger partial charge in [0, 0.05) is 49.7 Å². The molecular formula is C23H25ClFN5. The largest absolute Gasteiger partial charge is 0.354 e. The van der Waals surface area contributed by atoms with E-state index in [0.29, 0.717) is 0 Å². The van der Waals surface area contributed by atoms with Crippen LogP contribution in [-0.2, 0) is 0 Å². The van der Waals surface area contributed by atoms with Crippen LogP contribution in [0, 0.1) is 11.7 Å². The summed E-state index contributed by atoms with van der Waals surface area (Å²) in [5.41, 5.74) is 2.49. The van der Waals surface area contributed by atoms with Crippen LogP contribution >= 0.6 is 11.6 Å². The van der Waals surface area contributed by atoms with Crippen molar-refractivity contribution >= 4 is 17.4 Å². The molecule has 0 amide bonds. The van der Waals surface area contributed by atoms with Crippen molar-refractivity contribution in [3.05, 3.63) is 53.6 Å². The molecule has 0 spiro atoms. The summed E-state index contributed by atoms with van der Waals surface area (Å²) in [5.74, 6) is 2.31. The number of rotatable bonds is 6. The molecule has 1 aliphatic heterocycles. The Labute approximate surface area is 180 Å². The van der Waals surface area contributed by atoms with E-state index in [9.17, 15) is 4.39 Å². The van der Waals surface area contributed by atoms with Gasteiger partial charge in [0.2, 0.25) is 0 Å². The summed E-state index contributed by atoms with van der Waals surface area (Å²) in [6.45, 7) is 5.41. The van der Waals surface area contributed by atoms with Crippen LogP contribution in [0.15, 0.2) is 42.7 Å². The van der Waals surface area contributed by atoms with Gasteiger partial charge in [0.25, 0.3) is 0 Å². The van der Waals surface area contributed by atoms with Crippen molar-refractivity contribution in [2.75, 3.05) is 37.6 Å². The molecule has 0 atom stereocenters. The van der Waals surface area contributed by atoms with Crippen molar-refractivity contribution in [1.82, 2.24) is 19.9 Å². The second-order valence-electron chi connectivity index (χ2n) is 8.23. The molecular weight excluding hydrogens is 401 g/mol. The summed E-state index contributed by atoms with van der Waals surface area (Å²) >= 11 is 5.91. The molecule has 2 fully saturated rings. The van der Waals surface area contributed by atoms with E-state index in [1.165, 1.54) is 31.9 Å². The van der Waals surface area contributed by atoms with E-state index in [1.54, 1.807) is 12.1 Å². The molecule has 5 rings (SSSR count). The number of halogens is 2. The lowest BCUT2D eigenvalue weighted by Crippen LogP contribution is -2.47. The molecule has 0 bridgehead atoms. The number of hydrogen-bond donors (Lipinski definition) is 1. The highest BCUT2D eigenvalue weighted by atomic mass is 35.5. The number of aromatic amines is 1. The topological polar surface area (TPSA) is 48.1 Å². The molecule has 3 aromatic rings. The van der Waals surface area contributed by atoms with Gasteiger partial charge < -0.3 is 9.88 Å². The number of imidazole rings is 1. The van der Waals surface area contributed by atoms with Crippen LogP contribution in [0.4, 0.5) is 10.2 Å². The Hall–Kier alpha value is -2.44. The van der Waals surface area contributed by atoms with E-state index >= 15 is 0 Å². The fourth-order valence-electron chi connectivity index (χ4n) is 3.98. The number of hydrogen-bond acceptors (Lipinski definition) is 4. The average Bonchev–Trinajstić information content (AvgIpc) is 3.48. The van der Waals surface area contributed by atoms with E-state index in [1.807, 2.05) is 18.5 Å². The quantitative estimate of drug-likeness (QED) is 0.613. The Morgan fingerprint density at radius 3 is 2.67 bits per heavy atom. The number of nitrogens with one attached hydrogen (secondary N) is 1. The van der Waals surface area contributed by atoms with Crippen LogP contribution in [0.3, 0.4) is 0 Å². The summed E-state index contributed by atoms with van der Waals surface area (Å²) in [6, 6.07) is 8.68. The van der Waals surface area contributed by atoms with Gasteiger partial charge in [0.05, 0.1) is 10.7 Å². The summed E-state index contributed by atoms with van der Waals surface area (Å²) < 4.78 is 13.4. The molecule has 7 heteroatoms. The van der Waals surface area contributed by atoms with Gasteiger partial charge in [-0.2, -0.15) is 0 Å². The normalized spacial score (nSPS) is 17.5. The summed E-state index contributed by atoms with van der Waals surface area (Å²) in [7, 11) is 0. The molecule has 2 aromatic heterocycles. The van der Waals surface area contributed by atoms with Gasteiger partial charge in [-0.15, -0.1) is 0 Å². The van der Waals surface area contributed by atoms with Crippen molar-refractivity contribution in [2.24, 2.45) is 5.92 Å². The van der Waals surface area contributed by atoms with Crippen LogP contribution in [-0.4, -0.2) is 52.6 Å². The average molecular weight is 426 g/mol. The SMILES string of the molecule is Fc1ccc(-c2c[nH]c(-c3ccnc(N4CCN(CCC5CC5)CC4)c3)n2)cc1Cl. The van der Waals surface area contributed by atoms with Crippen molar-refractivity contribution in [3.8, 4) is 22.6 Å². The number of nitrogens with zero attached hydrogens (tertiary/aromatic N) is 4. The van der Waals surface area contributed by atoms with Gasteiger partial charge in [0.1, 0.15) is 17.5 Å². The first-order chi connectivity index (χ1) is 14.7. The Balaban J connectivity index is 1.27. The van der Waals surface area contributed by atoms with Crippen molar-refractivity contribution in [3.63, 3.8) is 0 Å². The molecule has 1 saturated heterocycles. The van der Waals surface area contributed by atoms with Crippen LogP contribution in [0.2, 0.25) is 5.02 Å². The smallest absolute Gasteiger partial charge is 0.141 e. The van der Waals surface area contributed by atoms with E-state index in [0.717, 1.165) is 60.6 Å². The molecule has 0 unspecified atom stereocenters. The third-order valence-electron chi connectivity index (χ3n) is 6.06. The minimum absolute atomic E-state index is 0.0968. The highest BCUT2D eigenvalue weighted by Crippen LogP contribution is 2.32. The number of anilines is 1. The minimum atomic E-state index is -0.428. The number of piperazine rings is 1. The summed E-state index contributed by atoms with van der Waals surface area (Å²) in [6.07, 6.45) is 7.87. The molecule has 30 heavy (non-hydrogen) atoms. The lowest BCUT2D eigenvalue weighted by molar-refractivity contribution is 0.250. The number of aromatic nitrogens is 3. The summed E-state index contributed by atoms with van der Waals surface area (Å²) in [4.78, 5) is 17.4. The first-order valence-corrected chi connectivity index (χ1v) is 11.0.